The van der Waals surface area contributed by atoms with Gasteiger partial charge < -0.3 is 5.11 Å². The Balaban J connectivity index is 2.17. The number of phenolic OH excluding ortho intramolecular Hbond substituents is 1. The van der Waals surface area contributed by atoms with Crippen molar-refractivity contribution in [3.05, 3.63) is 84.4 Å². The molecule has 0 aliphatic rings. The maximum atomic E-state index is 13.1. The van der Waals surface area contributed by atoms with Gasteiger partial charge in [-0.05, 0) is 36.4 Å². The third-order valence-electron chi connectivity index (χ3n) is 3.47. The average molecular weight is 347 g/mol. The lowest BCUT2D eigenvalue weighted by molar-refractivity contribution is -0.138. The van der Waals surface area contributed by atoms with Gasteiger partial charge in [-0.3, -0.25) is 0 Å². The Kier molecular flexibility index (Phi) is 4.53. The van der Waals surface area contributed by atoms with Crippen LogP contribution < -0.4 is 0 Å². The predicted molar refractivity (Wildman–Crippen MR) is 88.2 cm³/mol. The van der Waals surface area contributed by atoms with Gasteiger partial charge in [0, 0.05) is 6.07 Å². The third-order valence-corrected chi connectivity index (χ3v) is 5.68. The SMILES string of the molecule is Oc1ccc([S+](c2ccccc2)c2ccccc2)cc1C(F)(F)F. The highest BCUT2D eigenvalue weighted by molar-refractivity contribution is 7.97. The van der Waals surface area contributed by atoms with E-state index in [1.54, 1.807) is 6.07 Å². The summed E-state index contributed by atoms with van der Waals surface area (Å²) in [6.07, 6.45) is -4.59. The molecule has 0 aliphatic carbocycles. The summed E-state index contributed by atoms with van der Waals surface area (Å²) in [6, 6.07) is 22.5. The van der Waals surface area contributed by atoms with Crippen molar-refractivity contribution in [2.75, 3.05) is 0 Å². The molecule has 0 aliphatic heterocycles. The van der Waals surface area contributed by atoms with Gasteiger partial charge in [-0.25, -0.2) is 0 Å². The van der Waals surface area contributed by atoms with Crippen LogP contribution in [0.15, 0.2) is 93.5 Å². The maximum Gasteiger partial charge on any atom is 0.420 e. The van der Waals surface area contributed by atoms with Crippen molar-refractivity contribution >= 4 is 10.9 Å². The molecule has 0 aromatic heterocycles. The summed E-state index contributed by atoms with van der Waals surface area (Å²) in [5.74, 6) is -0.754. The molecule has 3 rings (SSSR count). The Morgan fingerprint density at radius 1 is 0.667 bits per heavy atom. The van der Waals surface area contributed by atoms with E-state index in [1.807, 2.05) is 60.7 Å². The van der Waals surface area contributed by atoms with Gasteiger partial charge in [0.05, 0.1) is 10.9 Å². The summed E-state index contributed by atoms with van der Waals surface area (Å²) in [4.78, 5) is 2.35. The second kappa shape index (κ2) is 6.61. The predicted octanol–water partition coefficient (Wildman–Crippen LogP) is 5.51. The molecule has 0 radical (unpaired) electrons. The first-order chi connectivity index (χ1) is 11.5. The Bertz CT molecular complexity index is 778. The van der Waals surface area contributed by atoms with Crippen molar-refractivity contribution < 1.29 is 18.3 Å². The van der Waals surface area contributed by atoms with Crippen molar-refractivity contribution in [2.24, 2.45) is 0 Å². The molecule has 1 nitrogen and oxygen atoms in total. The minimum atomic E-state index is -4.59. The van der Waals surface area contributed by atoms with Crippen LogP contribution in [0.4, 0.5) is 13.2 Å². The summed E-state index contributed by atoms with van der Waals surface area (Å²) in [6.45, 7) is 0. The number of aromatic hydroxyl groups is 1. The first kappa shape index (κ1) is 16.5. The normalized spacial score (nSPS) is 11.7. The Morgan fingerprint density at radius 2 is 1.17 bits per heavy atom. The molecule has 0 atom stereocenters. The van der Waals surface area contributed by atoms with E-state index >= 15 is 0 Å². The van der Waals surface area contributed by atoms with E-state index < -0.39 is 28.4 Å². The number of halogens is 3. The van der Waals surface area contributed by atoms with Gasteiger partial charge in [0.1, 0.15) is 11.3 Å². The van der Waals surface area contributed by atoms with Crippen LogP contribution in [-0.2, 0) is 17.1 Å². The van der Waals surface area contributed by atoms with E-state index in [1.165, 1.54) is 0 Å². The second-order valence-electron chi connectivity index (χ2n) is 5.11. The van der Waals surface area contributed by atoms with Crippen LogP contribution in [-0.4, -0.2) is 5.11 Å². The van der Waals surface area contributed by atoms with Gasteiger partial charge in [0.15, 0.2) is 14.7 Å². The lowest BCUT2D eigenvalue weighted by Gasteiger charge is -2.12. The van der Waals surface area contributed by atoms with E-state index in [-0.39, 0.29) is 0 Å². The lowest BCUT2D eigenvalue weighted by atomic mass is 10.2. The zero-order valence-corrected chi connectivity index (χ0v) is 13.3. The van der Waals surface area contributed by atoms with Crippen molar-refractivity contribution in [1.82, 2.24) is 0 Å². The van der Waals surface area contributed by atoms with Crippen LogP contribution in [0, 0.1) is 0 Å². The zero-order chi connectivity index (χ0) is 17.2. The lowest BCUT2D eigenvalue weighted by Crippen LogP contribution is -2.09. The molecule has 0 amide bonds. The molecule has 3 aromatic carbocycles. The molecule has 0 heterocycles. The Hall–Kier alpha value is -2.40. The van der Waals surface area contributed by atoms with Gasteiger partial charge in [0.25, 0.3) is 0 Å². The zero-order valence-electron chi connectivity index (χ0n) is 12.5. The fraction of sp³-hybridized carbons (Fsp3) is 0.0526. The quantitative estimate of drug-likeness (QED) is 0.620. The van der Waals surface area contributed by atoms with Gasteiger partial charge in [-0.1, -0.05) is 36.4 Å². The number of rotatable bonds is 3. The van der Waals surface area contributed by atoms with Gasteiger partial charge in [-0.15, -0.1) is 0 Å². The average Bonchev–Trinajstić information content (AvgIpc) is 2.57. The van der Waals surface area contributed by atoms with Gasteiger partial charge in [-0.2, -0.15) is 13.2 Å². The fourth-order valence-electron chi connectivity index (χ4n) is 2.39. The largest absolute Gasteiger partial charge is 0.507 e. The number of hydrogen-bond donors (Lipinski definition) is 1. The molecule has 24 heavy (non-hydrogen) atoms. The summed E-state index contributed by atoms with van der Waals surface area (Å²) in [7, 11) is -0.679. The summed E-state index contributed by atoms with van der Waals surface area (Å²) < 4.78 is 39.4. The van der Waals surface area contributed by atoms with Crippen LogP contribution in [0.1, 0.15) is 5.56 Å². The van der Waals surface area contributed by atoms with Gasteiger partial charge in [0.2, 0.25) is 0 Å². The third kappa shape index (κ3) is 3.41. The topological polar surface area (TPSA) is 20.2 Å². The van der Waals surface area contributed by atoms with Crippen molar-refractivity contribution in [3.8, 4) is 5.75 Å². The molecular formula is C19H14F3OS+. The fourth-order valence-corrected chi connectivity index (χ4v) is 4.51. The minimum Gasteiger partial charge on any atom is -0.507 e. The van der Waals surface area contributed by atoms with E-state index in [0.717, 1.165) is 21.9 Å². The van der Waals surface area contributed by atoms with E-state index in [4.69, 9.17) is 0 Å². The van der Waals surface area contributed by atoms with E-state index in [0.29, 0.717) is 4.90 Å². The van der Waals surface area contributed by atoms with E-state index in [2.05, 4.69) is 0 Å². The molecule has 1 N–H and O–H groups in total. The maximum absolute atomic E-state index is 13.1. The smallest absolute Gasteiger partial charge is 0.420 e. The molecule has 3 aromatic rings. The molecule has 0 unspecified atom stereocenters. The monoisotopic (exact) mass is 347 g/mol. The van der Waals surface area contributed by atoms with Gasteiger partial charge >= 0.3 is 6.18 Å². The number of phenols is 1. The molecule has 5 heteroatoms. The molecule has 0 saturated carbocycles. The van der Waals surface area contributed by atoms with Crippen LogP contribution in [0.2, 0.25) is 0 Å². The number of hydrogen-bond acceptors (Lipinski definition) is 1. The summed E-state index contributed by atoms with van der Waals surface area (Å²) >= 11 is 0. The standard InChI is InChI=1S/C19H13F3OS/c20-19(21,22)17-13-16(11-12-18(17)23)24(14-7-3-1-4-8-14)15-9-5-2-6-10-15/h1-13H/p+1. The molecule has 0 saturated heterocycles. The molecule has 0 bridgehead atoms. The highest BCUT2D eigenvalue weighted by Crippen LogP contribution is 2.39. The van der Waals surface area contributed by atoms with E-state index in [9.17, 15) is 18.3 Å². The molecule has 0 spiro atoms. The highest BCUT2D eigenvalue weighted by Gasteiger charge is 2.37. The molecule has 0 fully saturated rings. The summed E-state index contributed by atoms with van der Waals surface area (Å²) in [5.41, 5.74) is -1.01. The highest BCUT2D eigenvalue weighted by atomic mass is 32.2. The minimum absolute atomic E-state index is 0.512. The first-order valence-electron chi connectivity index (χ1n) is 7.21. The number of benzene rings is 3. The Morgan fingerprint density at radius 3 is 1.62 bits per heavy atom. The number of alkyl halides is 3. The van der Waals surface area contributed by atoms with Crippen LogP contribution >= 0.6 is 0 Å². The van der Waals surface area contributed by atoms with Crippen LogP contribution in [0.3, 0.4) is 0 Å². The van der Waals surface area contributed by atoms with Crippen LogP contribution in [0.25, 0.3) is 0 Å². The van der Waals surface area contributed by atoms with Crippen molar-refractivity contribution in [3.63, 3.8) is 0 Å². The van der Waals surface area contributed by atoms with Crippen molar-refractivity contribution in [2.45, 2.75) is 20.9 Å². The van der Waals surface area contributed by atoms with Crippen LogP contribution in [0.5, 0.6) is 5.75 Å². The molecular weight excluding hydrogens is 333 g/mol. The first-order valence-corrected chi connectivity index (χ1v) is 8.44. The second-order valence-corrected chi connectivity index (χ2v) is 7.14. The Labute approximate surface area is 140 Å². The summed E-state index contributed by atoms with van der Waals surface area (Å²) in [5, 5.41) is 9.58. The van der Waals surface area contributed by atoms with Crippen molar-refractivity contribution in [1.29, 1.82) is 0 Å². The molecule has 122 valence electrons.